The van der Waals surface area contributed by atoms with Crippen LogP contribution in [0, 0.1) is 0 Å². The first kappa shape index (κ1) is 18.2. The average molecular weight is 405 g/mol. The number of thiazole rings is 1. The van der Waals surface area contributed by atoms with Crippen molar-refractivity contribution in [2.24, 2.45) is 0 Å². The molecular weight excluding hydrogens is 384 g/mol. The van der Waals surface area contributed by atoms with Crippen molar-refractivity contribution >= 4 is 44.4 Å². The number of nitrogens with one attached hydrogen (secondary N) is 1. The number of rotatable bonds is 6. The number of ether oxygens (including phenoxy) is 1. The van der Waals surface area contributed by atoms with Crippen LogP contribution in [0.1, 0.15) is 43.9 Å². The quantitative estimate of drug-likeness (QED) is 0.606. The average Bonchev–Trinajstić information content (AvgIpc) is 3.33. The van der Waals surface area contributed by atoms with E-state index in [0.717, 1.165) is 28.8 Å². The Kier molecular flexibility index (Phi) is 5.58. The first-order valence-corrected chi connectivity index (χ1v) is 10.7. The van der Waals surface area contributed by atoms with Crippen LogP contribution in [0.3, 0.4) is 0 Å². The van der Waals surface area contributed by atoms with E-state index in [4.69, 9.17) is 9.15 Å². The van der Waals surface area contributed by atoms with Crippen LogP contribution < -0.4 is 10.1 Å². The number of thioether (sulfide) groups is 1. The van der Waals surface area contributed by atoms with Gasteiger partial charge in [-0.15, -0.1) is 10.2 Å². The smallest absolute Gasteiger partial charge is 0.277 e. The van der Waals surface area contributed by atoms with E-state index in [1.807, 2.05) is 18.2 Å². The van der Waals surface area contributed by atoms with Gasteiger partial charge in [-0.25, -0.2) is 4.98 Å². The van der Waals surface area contributed by atoms with Gasteiger partial charge < -0.3 is 14.5 Å². The van der Waals surface area contributed by atoms with E-state index in [0.29, 0.717) is 22.2 Å². The third-order valence-electron chi connectivity index (χ3n) is 4.55. The minimum Gasteiger partial charge on any atom is -0.497 e. The molecule has 0 saturated heterocycles. The molecule has 1 fully saturated rings. The lowest BCUT2D eigenvalue weighted by atomic mass is 9.89. The third-order valence-corrected chi connectivity index (χ3v) is 6.30. The summed E-state index contributed by atoms with van der Waals surface area (Å²) >= 11 is 2.67. The zero-order chi connectivity index (χ0) is 18.6. The Hall–Kier alpha value is -2.13. The highest BCUT2D eigenvalue weighted by atomic mass is 32.2. The SMILES string of the molecule is COc1ccc2nc(NC(=O)CSc3nnc(C4CCCCC4)o3)sc2c1. The van der Waals surface area contributed by atoms with E-state index in [2.05, 4.69) is 20.5 Å². The molecule has 0 spiro atoms. The van der Waals surface area contributed by atoms with E-state index in [9.17, 15) is 4.79 Å². The Balaban J connectivity index is 1.32. The molecule has 0 bridgehead atoms. The molecular formula is C18H20N4O3S2. The lowest BCUT2D eigenvalue weighted by molar-refractivity contribution is -0.113. The van der Waals surface area contributed by atoms with Gasteiger partial charge in [-0.2, -0.15) is 0 Å². The van der Waals surface area contributed by atoms with Crippen LogP contribution in [0.5, 0.6) is 5.75 Å². The number of amides is 1. The summed E-state index contributed by atoms with van der Waals surface area (Å²) in [5.41, 5.74) is 0.831. The van der Waals surface area contributed by atoms with Crippen LogP contribution in [-0.2, 0) is 4.79 Å². The normalized spacial score (nSPS) is 15.1. The standard InChI is InChI=1S/C18H20N4O3S2/c1-24-12-7-8-13-14(9-12)27-17(19-13)20-15(23)10-26-18-22-21-16(25-18)11-5-3-2-4-6-11/h7-9,11H,2-6,10H2,1H3,(H,19,20,23). The Bertz CT molecular complexity index is 934. The van der Waals surface area contributed by atoms with Crippen LogP contribution in [0.15, 0.2) is 27.8 Å². The fraction of sp³-hybridized carbons (Fsp3) is 0.444. The zero-order valence-corrected chi connectivity index (χ0v) is 16.6. The highest BCUT2D eigenvalue weighted by Crippen LogP contribution is 2.33. The molecule has 27 heavy (non-hydrogen) atoms. The van der Waals surface area contributed by atoms with Crippen molar-refractivity contribution in [3.8, 4) is 5.75 Å². The molecule has 9 heteroatoms. The highest BCUT2D eigenvalue weighted by molar-refractivity contribution is 7.99. The second-order valence-corrected chi connectivity index (χ2v) is 8.39. The fourth-order valence-corrected chi connectivity index (χ4v) is 4.64. The number of methoxy groups -OCH3 is 1. The van der Waals surface area contributed by atoms with Crippen LogP contribution in [-0.4, -0.2) is 34.0 Å². The van der Waals surface area contributed by atoms with Gasteiger partial charge in [0.2, 0.25) is 11.8 Å². The molecule has 1 aliphatic carbocycles. The maximum Gasteiger partial charge on any atom is 0.277 e. The maximum absolute atomic E-state index is 12.2. The van der Waals surface area contributed by atoms with Crippen molar-refractivity contribution in [2.45, 2.75) is 43.2 Å². The third kappa shape index (κ3) is 4.41. The predicted octanol–water partition coefficient (Wildman–Crippen LogP) is 4.47. The van der Waals surface area contributed by atoms with E-state index in [1.165, 1.54) is 42.4 Å². The number of aromatic nitrogens is 3. The number of anilines is 1. The molecule has 1 aliphatic rings. The van der Waals surface area contributed by atoms with E-state index >= 15 is 0 Å². The summed E-state index contributed by atoms with van der Waals surface area (Å²) in [6, 6.07) is 5.63. The minimum atomic E-state index is -0.150. The molecule has 0 aliphatic heterocycles. The molecule has 4 rings (SSSR count). The second kappa shape index (κ2) is 8.26. The predicted molar refractivity (Wildman–Crippen MR) is 106 cm³/mol. The van der Waals surface area contributed by atoms with Gasteiger partial charge in [0.05, 0.1) is 23.1 Å². The Morgan fingerprint density at radius 2 is 2.19 bits per heavy atom. The van der Waals surface area contributed by atoms with E-state index in [-0.39, 0.29) is 11.7 Å². The monoisotopic (exact) mass is 404 g/mol. The molecule has 0 unspecified atom stereocenters. The van der Waals surface area contributed by atoms with Gasteiger partial charge in [-0.05, 0) is 31.0 Å². The van der Waals surface area contributed by atoms with Crippen LogP contribution in [0.25, 0.3) is 10.2 Å². The lowest BCUT2D eigenvalue weighted by Crippen LogP contribution is -2.13. The summed E-state index contributed by atoms with van der Waals surface area (Å²) < 4.78 is 11.9. The number of hydrogen-bond donors (Lipinski definition) is 1. The van der Waals surface area contributed by atoms with Gasteiger partial charge in [0.15, 0.2) is 5.13 Å². The number of carbonyl (C=O) groups excluding carboxylic acids is 1. The summed E-state index contributed by atoms with van der Waals surface area (Å²) in [4.78, 5) is 16.6. The zero-order valence-electron chi connectivity index (χ0n) is 14.9. The van der Waals surface area contributed by atoms with Crippen LogP contribution >= 0.6 is 23.1 Å². The highest BCUT2D eigenvalue weighted by Gasteiger charge is 2.21. The summed E-state index contributed by atoms with van der Waals surface area (Å²) in [5, 5.41) is 12.1. The minimum absolute atomic E-state index is 0.150. The summed E-state index contributed by atoms with van der Waals surface area (Å²) in [5.74, 6) is 1.89. The molecule has 2 heterocycles. The molecule has 0 radical (unpaired) electrons. The molecule has 7 nitrogen and oxygen atoms in total. The first-order valence-electron chi connectivity index (χ1n) is 8.92. The Morgan fingerprint density at radius 3 is 3.00 bits per heavy atom. The topological polar surface area (TPSA) is 90.1 Å². The number of benzene rings is 1. The fourth-order valence-electron chi connectivity index (χ4n) is 3.16. The first-order chi connectivity index (χ1) is 13.2. The number of fused-ring (bicyclic) bond motifs is 1. The maximum atomic E-state index is 12.2. The van der Waals surface area contributed by atoms with Crippen molar-refractivity contribution < 1.29 is 13.9 Å². The van der Waals surface area contributed by atoms with Crippen LogP contribution in [0.2, 0.25) is 0 Å². The summed E-state index contributed by atoms with van der Waals surface area (Å²) in [7, 11) is 1.62. The molecule has 1 N–H and O–H groups in total. The Labute approximate surface area is 164 Å². The van der Waals surface area contributed by atoms with Crippen molar-refractivity contribution in [3.05, 3.63) is 24.1 Å². The van der Waals surface area contributed by atoms with Gasteiger partial charge in [-0.3, -0.25) is 4.79 Å². The molecule has 0 atom stereocenters. The van der Waals surface area contributed by atoms with Crippen molar-refractivity contribution in [3.63, 3.8) is 0 Å². The largest absolute Gasteiger partial charge is 0.497 e. The Morgan fingerprint density at radius 1 is 1.33 bits per heavy atom. The molecule has 2 aromatic heterocycles. The molecule has 3 aromatic rings. The van der Waals surface area contributed by atoms with Gasteiger partial charge in [0, 0.05) is 5.92 Å². The molecule has 1 saturated carbocycles. The number of nitrogens with zero attached hydrogens (tertiary/aromatic N) is 3. The molecule has 1 amide bonds. The lowest BCUT2D eigenvalue weighted by Gasteiger charge is -2.17. The van der Waals surface area contributed by atoms with Gasteiger partial charge in [-0.1, -0.05) is 42.4 Å². The van der Waals surface area contributed by atoms with Crippen molar-refractivity contribution in [2.75, 3.05) is 18.2 Å². The van der Waals surface area contributed by atoms with Gasteiger partial charge in [0.1, 0.15) is 5.75 Å². The van der Waals surface area contributed by atoms with Crippen molar-refractivity contribution in [1.82, 2.24) is 15.2 Å². The van der Waals surface area contributed by atoms with Crippen LogP contribution in [0.4, 0.5) is 5.13 Å². The molecule has 142 valence electrons. The number of carbonyl (C=O) groups is 1. The molecule has 1 aromatic carbocycles. The van der Waals surface area contributed by atoms with Crippen molar-refractivity contribution in [1.29, 1.82) is 0 Å². The summed E-state index contributed by atoms with van der Waals surface area (Å²) in [6.07, 6.45) is 5.92. The van der Waals surface area contributed by atoms with Gasteiger partial charge >= 0.3 is 0 Å². The summed E-state index contributed by atoms with van der Waals surface area (Å²) in [6.45, 7) is 0. The second-order valence-electron chi connectivity index (χ2n) is 6.43. The van der Waals surface area contributed by atoms with E-state index < -0.39 is 0 Å². The number of hydrogen-bond acceptors (Lipinski definition) is 8. The van der Waals surface area contributed by atoms with E-state index in [1.54, 1.807) is 7.11 Å². The van der Waals surface area contributed by atoms with Gasteiger partial charge in [0.25, 0.3) is 5.22 Å².